The summed E-state index contributed by atoms with van der Waals surface area (Å²) in [4.78, 5) is 10.8. The van der Waals surface area contributed by atoms with Crippen LogP contribution < -0.4 is 0 Å². The van der Waals surface area contributed by atoms with Gasteiger partial charge in [-0.15, -0.1) is 6.58 Å². The van der Waals surface area contributed by atoms with Crippen LogP contribution in [0.3, 0.4) is 0 Å². The monoisotopic (exact) mass is 236 g/mol. The van der Waals surface area contributed by atoms with Gasteiger partial charge in [0.1, 0.15) is 12.4 Å². The summed E-state index contributed by atoms with van der Waals surface area (Å²) in [7, 11) is 1.31. The minimum Gasteiger partial charge on any atom is -0.508 e. The van der Waals surface area contributed by atoms with Gasteiger partial charge >= 0.3 is 5.97 Å². The molecule has 0 aliphatic heterocycles. The molecule has 0 aliphatic rings. The highest BCUT2D eigenvalue weighted by molar-refractivity contribution is 5.70. The number of benzene rings is 1. The number of carbonyl (C=O) groups is 1. The van der Waals surface area contributed by atoms with E-state index in [4.69, 9.17) is 4.74 Å². The maximum absolute atomic E-state index is 10.8. The van der Waals surface area contributed by atoms with Gasteiger partial charge in [-0.05, 0) is 29.7 Å². The third kappa shape index (κ3) is 4.28. The molecule has 0 amide bonds. The van der Waals surface area contributed by atoms with Crippen molar-refractivity contribution < 1.29 is 19.4 Å². The molecule has 0 spiro atoms. The summed E-state index contributed by atoms with van der Waals surface area (Å²) in [6.45, 7) is 3.85. The molecule has 0 radical (unpaired) electrons. The number of hydrogen-bond acceptors (Lipinski definition) is 4. The molecule has 0 saturated carbocycles. The van der Waals surface area contributed by atoms with Crippen molar-refractivity contribution in [2.75, 3.05) is 13.7 Å². The van der Waals surface area contributed by atoms with Crippen molar-refractivity contribution in [1.82, 2.24) is 0 Å². The van der Waals surface area contributed by atoms with Crippen LogP contribution in [0, 0.1) is 0 Å². The first-order chi connectivity index (χ1) is 8.17. The largest absolute Gasteiger partial charge is 0.508 e. The number of ether oxygens (including phenoxy) is 2. The molecule has 0 saturated heterocycles. The van der Waals surface area contributed by atoms with Crippen LogP contribution in [0.4, 0.5) is 0 Å². The molecular formula is C13H16O4. The van der Waals surface area contributed by atoms with Crippen LogP contribution in [0.25, 0.3) is 0 Å². The summed E-state index contributed by atoms with van der Waals surface area (Å²) >= 11 is 0. The number of esters is 1. The van der Waals surface area contributed by atoms with Gasteiger partial charge in [0, 0.05) is 0 Å². The van der Waals surface area contributed by atoms with Crippen LogP contribution in [-0.2, 0) is 27.3 Å². The van der Waals surface area contributed by atoms with E-state index in [1.807, 2.05) is 6.07 Å². The molecule has 4 nitrogen and oxygen atoms in total. The summed E-state index contributed by atoms with van der Waals surface area (Å²) < 4.78 is 9.62. The molecule has 0 bridgehead atoms. The smallest absolute Gasteiger partial charge is 0.331 e. The zero-order valence-corrected chi connectivity index (χ0v) is 9.81. The van der Waals surface area contributed by atoms with Crippen LogP contribution in [0.5, 0.6) is 5.75 Å². The molecular weight excluding hydrogens is 220 g/mol. The molecule has 1 N–H and O–H groups in total. The maximum atomic E-state index is 10.8. The Morgan fingerprint density at radius 1 is 1.53 bits per heavy atom. The lowest BCUT2D eigenvalue weighted by Crippen LogP contribution is -2.10. The number of hydrogen-bond donors (Lipinski definition) is 1. The molecule has 0 aliphatic carbocycles. The lowest BCUT2D eigenvalue weighted by molar-refractivity contribution is -0.146. The van der Waals surface area contributed by atoms with Crippen molar-refractivity contribution in [3.05, 3.63) is 42.0 Å². The second-order valence-electron chi connectivity index (χ2n) is 3.52. The van der Waals surface area contributed by atoms with Gasteiger partial charge in [0.2, 0.25) is 0 Å². The van der Waals surface area contributed by atoms with Gasteiger partial charge in [0.15, 0.2) is 0 Å². The summed E-state index contributed by atoms with van der Waals surface area (Å²) in [5.41, 5.74) is 1.68. The predicted octanol–water partition coefficient (Wildman–Crippen LogP) is 1.81. The van der Waals surface area contributed by atoms with E-state index in [2.05, 4.69) is 11.3 Å². The van der Waals surface area contributed by atoms with E-state index < -0.39 is 5.97 Å². The van der Waals surface area contributed by atoms with Crippen molar-refractivity contribution in [2.45, 2.75) is 13.0 Å². The molecule has 4 heteroatoms. The van der Waals surface area contributed by atoms with E-state index >= 15 is 0 Å². The normalized spacial score (nSPS) is 9.94. The highest BCUT2D eigenvalue weighted by Gasteiger charge is 2.03. The summed E-state index contributed by atoms with van der Waals surface area (Å²) in [6.07, 6.45) is 2.31. The van der Waals surface area contributed by atoms with Gasteiger partial charge in [-0.25, -0.2) is 4.79 Å². The number of rotatable bonds is 6. The third-order valence-electron chi connectivity index (χ3n) is 2.22. The Balaban J connectivity index is 2.56. The Hall–Kier alpha value is -1.81. The Morgan fingerprint density at radius 3 is 2.94 bits per heavy atom. The number of carbonyl (C=O) groups excluding carboxylic acids is 1. The minimum atomic E-state index is -0.407. The van der Waals surface area contributed by atoms with E-state index in [1.165, 1.54) is 7.11 Å². The molecule has 1 rings (SSSR count). The zero-order chi connectivity index (χ0) is 12.7. The number of phenolic OH excluding ortho intramolecular Hbond substituents is 1. The summed E-state index contributed by atoms with van der Waals surface area (Å²) in [5.74, 6) is -0.170. The second-order valence-corrected chi connectivity index (χ2v) is 3.52. The van der Waals surface area contributed by atoms with Gasteiger partial charge < -0.3 is 14.6 Å². The molecule has 1 aromatic rings. The average Bonchev–Trinajstić information content (AvgIpc) is 2.33. The lowest BCUT2D eigenvalue weighted by atomic mass is 10.1. The number of methoxy groups -OCH3 is 1. The van der Waals surface area contributed by atoms with Gasteiger partial charge in [-0.3, -0.25) is 0 Å². The van der Waals surface area contributed by atoms with Gasteiger partial charge in [0.05, 0.1) is 13.7 Å². The third-order valence-corrected chi connectivity index (χ3v) is 2.22. The fourth-order valence-corrected chi connectivity index (χ4v) is 1.36. The van der Waals surface area contributed by atoms with Crippen molar-refractivity contribution in [2.24, 2.45) is 0 Å². The topological polar surface area (TPSA) is 55.8 Å². The number of allylic oxidation sites excluding steroid dienone is 1. The standard InChI is InChI=1S/C13H16O4/c1-3-4-11-7-10(5-6-12(11)14)8-17-9-13(15)16-2/h3,5-7,14H,1,4,8-9H2,2H3. The van der Waals surface area contributed by atoms with Crippen LogP contribution >= 0.6 is 0 Å². The molecule has 0 unspecified atom stereocenters. The van der Waals surface area contributed by atoms with Crippen molar-refractivity contribution in [3.8, 4) is 5.75 Å². The second kappa shape index (κ2) is 6.70. The van der Waals surface area contributed by atoms with Crippen molar-refractivity contribution in [3.63, 3.8) is 0 Å². The molecule has 0 aromatic heterocycles. The Bertz CT molecular complexity index is 398. The predicted molar refractivity (Wildman–Crippen MR) is 63.7 cm³/mol. The minimum absolute atomic E-state index is 0.0752. The zero-order valence-electron chi connectivity index (χ0n) is 9.81. The van der Waals surface area contributed by atoms with E-state index in [-0.39, 0.29) is 12.4 Å². The lowest BCUT2D eigenvalue weighted by Gasteiger charge is -2.06. The van der Waals surface area contributed by atoms with E-state index in [0.29, 0.717) is 13.0 Å². The Morgan fingerprint density at radius 2 is 2.29 bits per heavy atom. The highest BCUT2D eigenvalue weighted by Crippen LogP contribution is 2.19. The van der Waals surface area contributed by atoms with Gasteiger partial charge in [0.25, 0.3) is 0 Å². The van der Waals surface area contributed by atoms with E-state index in [0.717, 1.165) is 11.1 Å². The molecule has 0 heterocycles. The molecule has 0 atom stereocenters. The summed E-state index contributed by atoms with van der Waals surface area (Å²) in [6, 6.07) is 5.18. The van der Waals surface area contributed by atoms with Crippen molar-refractivity contribution in [1.29, 1.82) is 0 Å². The summed E-state index contributed by atoms with van der Waals surface area (Å²) in [5, 5.41) is 9.56. The quantitative estimate of drug-likeness (QED) is 0.604. The first kappa shape index (κ1) is 13.3. The molecule has 92 valence electrons. The van der Waals surface area contributed by atoms with Crippen LogP contribution in [0.1, 0.15) is 11.1 Å². The first-order valence-corrected chi connectivity index (χ1v) is 5.23. The maximum Gasteiger partial charge on any atom is 0.331 e. The van der Waals surface area contributed by atoms with Crippen LogP contribution in [0.15, 0.2) is 30.9 Å². The van der Waals surface area contributed by atoms with E-state index in [1.54, 1.807) is 18.2 Å². The van der Waals surface area contributed by atoms with Gasteiger partial charge in [-0.1, -0.05) is 12.1 Å². The number of aromatic hydroxyl groups is 1. The average molecular weight is 236 g/mol. The Labute approximate surface area is 100 Å². The SMILES string of the molecule is C=CCc1cc(COCC(=O)OC)ccc1O. The van der Waals surface area contributed by atoms with Crippen molar-refractivity contribution >= 4 is 5.97 Å². The van der Waals surface area contributed by atoms with Crippen LogP contribution in [-0.4, -0.2) is 24.8 Å². The fraction of sp³-hybridized carbons (Fsp3) is 0.308. The number of phenols is 1. The highest BCUT2D eigenvalue weighted by atomic mass is 16.6. The van der Waals surface area contributed by atoms with Gasteiger partial charge in [-0.2, -0.15) is 0 Å². The first-order valence-electron chi connectivity index (χ1n) is 5.23. The molecule has 1 aromatic carbocycles. The fourth-order valence-electron chi connectivity index (χ4n) is 1.36. The molecule has 0 fully saturated rings. The molecule has 17 heavy (non-hydrogen) atoms. The van der Waals surface area contributed by atoms with E-state index in [9.17, 15) is 9.90 Å². The Kier molecular flexibility index (Phi) is 5.23. The van der Waals surface area contributed by atoms with Crippen LogP contribution in [0.2, 0.25) is 0 Å².